The van der Waals surface area contributed by atoms with Gasteiger partial charge in [0.05, 0.1) is 5.92 Å². The van der Waals surface area contributed by atoms with Crippen LogP contribution in [0.25, 0.3) is 11.4 Å². The normalized spacial score (nSPS) is 15.6. The fraction of sp³-hybridized carbons (Fsp3) is 0.389. The van der Waals surface area contributed by atoms with E-state index in [0.29, 0.717) is 12.8 Å². The Morgan fingerprint density at radius 2 is 1.91 bits per heavy atom. The molecule has 0 radical (unpaired) electrons. The van der Waals surface area contributed by atoms with Crippen LogP contribution >= 0.6 is 0 Å². The number of hydrogen-bond donors (Lipinski definition) is 1. The van der Waals surface area contributed by atoms with Crippen LogP contribution in [-0.2, 0) is 11.2 Å². The Morgan fingerprint density at radius 1 is 1.22 bits per heavy atom. The van der Waals surface area contributed by atoms with E-state index < -0.39 is 5.97 Å². The number of anilines is 1. The quantitative estimate of drug-likeness (QED) is 0.940. The van der Waals surface area contributed by atoms with E-state index in [9.17, 15) is 4.79 Å². The zero-order valence-electron chi connectivity index (χ0n) is 13.3. The van der Waals surface area contributed by atoms with Gasteiger partial charge in [0.25, 0.3) is 0 Å². The van der Waals surface area contributed by atoms with Crippen molar-refractivity contribution in [1.82, 2.24) is 9.97 Å². The highest BCUT2D eigenvalue weighted by molar-refractivity contribution is 5.70. The minimum Gasteiger partial charge on any atom is -0.481 e. The first kappa shape index (κ1) is 15.5. The van der Waals surface area contributed by atoms with Gasteiger partial charge in [-0.2, -0.15) is 0 Å². The van der Waals surface area contributed by atoms with E-state index in [1.807, 2.05) is 36.4 Å². The summed E-state index contributed by atoms with van der Waals surface area (Å²) < 4.78 is 0. The van der Waals surface area contributed by atoms with Gasteiger partial charge < -0.3 is 10.0 Å². The summed E-state index contributed by atoms with van der Waals surface area (Å²) in [7, 11) is 0. The predicted octanol–water partition coefficient (Wildman–Crippen LogP) is 3.01. The first-order valence-electron chi connectivity index (χ1n) is 8.08. The topological polar surface area (TPSA) is 66.3 Å². The minimum atomic E-state index is -0.688. The first-order valence-corrected chi connectivity index (χ1v) is 8.08. The van der Waals surface area contributed by atoms with E-state index in [4.69, 9.17) is 10.1 Å². The van der Waals surface area contributed by atoms with Crippen molar-refractivity contribution >= 4 is 11.8 Å². The molecule has 0 bridgehead atoms. The lowest BCUT2D eigenvalue weighted by Crippen LogP contribution is -2.37. The molecule has 1 fully saturated rings. The molecular formula is C18H21N3O2. The van der Waals surface area contributed by atoms with E-state index in [-0.39, 0.29) is 5.92 Å². The molecule has 3 rings (SSSR count). The number of nitrogens with zero attached hydrogens (tertiary/aromatic N) is 3. The third-order valence-corrected chi connectivity index (χ3v) is 4.33. The lowest BCUT2D eigenvalue weighted by atomic mass is 9.97. The number of hydrogen-bond acceptors (Lipinski definition) is 4. The Balaban J connectivity index is 1.87. The molecule has 5 heteroatoms. The minimum absolute atomic E-state index is 0.229. The van der Waals surface area contributed by atoms with Crippen molar-refractivity contribution in [2.24, 2.45) is 5.92 Å². The van der Waals surface area contributed by atoms with Crippen molar-refractivity contribution in [3.8, 4) is 11.4 Å². The Kier molecular flexibility index (Phi) is 4.55. The number of carbonyl (C=O) groups is 1. The van der Waals surface area contributed by atoms with Crippen molar-refractivity contribution in [2.75, 3.05) is 18.0 Å². The molecule has 1 N–H and O–H groups in total. The third-order valence-electron chi connectivity index (χ3n) is 4.33. The van der Waals surface area contributed by atoms with Gasteiger partial charge in [0.2, 0.25) is 0 Å². The van der Waals surface area contributed by atoms with Gasteiger partial charge in [0.1, 0.15) is 5.82 Å². The maximum Gasteiger partial charge on any atom is 0.306 e. The molecule has 0 atom stereocenters. The summed E-state index contributed by atoms with van der Waals surface area (Å²) in [6.07, 6.45) is 2.18. The number of carboxylic acid groups (broad SMARTS) is 1. The zero-order chi connectivity index (χ0) is 16.2. The van der Waals surface area contributed by atoms with Crippen molar-refractivity contribution in [1.29, 1.82) is 0 Å². The molecule has 1 aromatic carbocycles. The molecule has 0 spiro atoms. The summed E-state index contributed by atoms with van der Waals surface area (Å²) in [6.45, 7) is 3.54. The highest BCUT2D eigenvalue weighted by atomic mass is 16.4. The van der Waals surface area contributed by atoms with Gasteiger partial charge in [-0.15, -0.1) is 0 Å². The Labute approximate surface area is 136 Å². The molecule has 2 heterocycles. The monoisotopic (exact) mass is 311 g/mol. The number of aryl methyl sites for hydroxylation is 1. The van der Waals surface area contributed by atoms with Crippen LogP contribution in [0.5, 0.6) is 0 Å². The van der Waals surface area contributed by atoms with Gasteiger partial charge >= 0.3 is 5.97 Å². The van der Waals surface area contributed by atoms with Gasteiger partial charge in [-0.05, 0) is 19.3 Å². The van der Waals surface area contributed by atoms with E-state index in [0.717, 1.165) is 42.4 Å². The highest BCUT2D eigenvalue weighted by Crippen LogP contribution is 2.25. The maximum absolute atomic E-state index is 11.1. The van der Waals surface area contributed by atoms with Crippen LogP contribution in [-0.4, -0.2) is 34.1 Å². The standard InChI is InChI=1S/C18H21N3O2/c1-2-15-12-16(21-10-8-14(9-11-21)18(22)23)20-17(19-15)13-6-4-3-5-7-13/h3-7,12,14H,2,8-11H2,1H3,(H,22,23). The van der Waals surface area contributed by atoms with Crippen molar-refractivity contribution in [3.05, 3.63) is 42.1 Å². The van der Waals surface area contributed by atoms with Crippen LogP contribution in [0.1, 0.15) is 25.5 Å². The number of rotatable bonds is 4. The summed E-state index contributed by atoms with van der Waals surface area (Å²) in [5.74, 6) is 0.721. The molecular weight excluding hydrogens is 290 g/mol. The summed E-state index contributed by atoms with van der Waals surface area (Å²) in [5, 5.41) is 9.13. The molecule has 23 heavy (non-hydrogen) atoms. The maximum atomic E-state index is 11.1. The molecule has 0 saturated carbocycles. The highest BCUT2D eigenvalue weighted by Gasteiger charge is 2.25. The molecule has 1 aliphatic rings. The molecule has 120 valence electrons. The van der Waals surface area contributed by atoms with Gasteiger partial charge in [0, 0.05) is 30.4 Å². The number of benzene rings is 1. The average Bonchev–Trinajstić information content (AvgIpc) is 2.62. The lowest BCUT2D eigenvalue weighted by molar-refractivity contribution is -0.142. The van der Waals surface area contributed by atoms with Crippen LogP contribution in [0.3, 0.4) is 0 Å². The van der Waals surface area contributed by atoms with Crippen LogP contribution in [0, 0.1) is 5.92 Å². The van der Waals surface area contributed by atoms with Gasteiger partial charge in [-0.1, -0.05) is 37.3 Å². The van der Waals surface area contributed by atoms with E-state index in [1.165, 1.54) is 0 Å². The molecule has 0 unspecified atom stereocenters. The van der Waals surface area contributed by atoms with Crippen molar-refractivity contribution in [3.63, 3.8) is 0 Å². The predicted molar refractivity (Wildman–Crippen MR) is 89.4 cm³/mol. The van der Waals surface area contributed by atoms with Gasteiger partial charge in [-0.25, -0.2) is 9.97 Å². The molecule has 1 saturated heterocycles. The lowest BCUT2D eigenvalue weighted by Gasteiger charge is -2.31. The fourth-order valence-corrected chi connectivity index (χ4v) is 2.90. The smallest absolute Gasteiger partial charge is 0.306 e. The van der Waals surface area contributed by atoms with E-state index >= 15 is 0 Å². The molecule has 1 aromatic heterocycles. The van der Waals surface area contributed by atoms with E-state index in [2.05, 4.69) is 16.8 Å². The Hall–Kier alpha value is -2.43. The van der Waals surface area contributed by atoms with Gasteiger partial charge in [-0.3, -0.25) is 4.79 Å². The first-order chi connectivity index (χ1) is 11.2. The average molecular weight is 311 g/mol. The van der Waals surface area contributed by atoms with Crippen molar-refractivity contribution in [2.45, 2.75) is 26.2 Å². The second-order valence-electron chi connectivity index (χ2n) is 5.86. The van der Waals surface area contributed by atoms with Crippen LogP contribution in [0.15, 0.2) is 36.4 Å². The molecule has 1 aliphatic heterocycles. The molecule has 5 nitrogen and oxygen atoms in total. The molecule has 0 amide bonds. The van der Waals surface area contributed by atoms with Crippen LogP contribution in [0.2, 0.25) is 0 Å². The second-order valence-corrected chi connectivity index (χ2v) is 5.86. The summed E-state index contributed by atoms with van der Waals surface area (Å²) in [4.78, 5) is 22.6. The van der Waals surface area contributed by atoms with Gasteiger partial charge in [0.15, 0.2) is 5.82 Å². The number of carboxylic acids is 1. The number of aliphatic carboxylic acids is 1. The van der Waals surface area contributed by atoms with Crippen molar-refractivity contribution < 1.29 is 9.90 Å². The number of aromatic nitrogens is 2. The fourth-order valence-electron chi connectivity index (χ4n) is 2.90. The SMILES string of the molecule is CCc1cc(N2CCC(C(=O)O)CC2)nc(-c2ccccc2)n1. The second kappa shape index (κ2) is 6.77. The van der Waals surface area contributed by atoms with Crippen LogP contribution in [0.4, 0.5) is 5.82 Å². The summed E-state index contributed by atoms with van der Waals surface area (Å²) >= 11 is 0. The summed E-state index contributed by atoms with van der Waals surface area (Å²) in [5.41, 5.74) is 2.01. The molecule has 0 aliphatic carbocycles. The summed E-state index contributed by atoms with van der Waals surface area (Å²) in [6, 6.07) is 12.0. The van der Waals surface area contributed by atoms with Crippen LogP contribution < -0.4 is 4.90 Å². The Bertz CT molecular complexity index is 680. The Morgan fingerprint density at radius 3 is 2.52 bits per heavy atom. The largest absolute Gasteiger partial charge is 0.481 e. The third kappa shape index (κ3) is 3.50. The number of piperidine rings is 1. The molecule has 2 aromatic rings. The van der Waals surface area contributed by atoms with E-state index in [1.54, 1.807) is 0 Å². The zero-order valence-corrected chi connectivity index (χ0v) is 13.3.